The molecule has 1 saturated carbocycles. The highest BCUT2D eigenvalue weighted by atomic mass is 16.5. The number of carbonyl (C=O) groups excluding carboxylic acids is 1. The smallest absolute Gasteiger partial charge is 0.360 e. The van der Waals surface area contributed by atoms with Crippen LogP contribution in [-0.2, 0) is 11.3 Å². The highest BCUT2D eigenvalue weighted by molar-refractivity contribution is 5.88. The van der Waals surface area contributed by atoms with Gasteiger partial charge in [0.15, 0.2) is 5.69 Å². The molecule has 1 heterocycles. The highest BCUT2D eigenvalue weighted by Crippen LogP contribution is 2.26. The Kier molecular flexibility index (Phi) is 4.56. The molecule has 0 bridgehead atoms. The molecule has 1 aromatic heterocycles. The lowest BCUT2D eigenvalue weighted by Gasteiger charge is -2.10. The van der Waals surface area contributed by atoms with E-state index >= 15 is 0 Å². The summed E-state index contributed by atoms with van der Waals surface area (Å²) < 4.78 is 7.05. The molecule has 0 saturated heterocycles. The van der Waals surface area contributed by atoms with Crippen molar-refractivity contribution in [1.29, 1.82) is 0 Å². The second-order valence-corrected chi connectivity index (χ2v) is 5.85. The number of nitrogens with zero attached hydrogens (tertiary/aromatic N) is 3. The van der Waals surface area contributed by atoms with Crippen LogP contribution in [0.1, 0.15) is 55.7 Å². The van der Waals surface area contributed by atoms with E-state index in [1.807, 2.05) is 25.5 Å². The summed E-state index contributed by atoms with van der Waals surface area (Å²) in [5, 5.41) is 8.07. The Hall–Kier alpha value is -1.39. The number of hydrogen-bond donors (Lipinski definition) is 0. The minimum absolute atomic E-state index is 0.331. The van der Waals surface area contributed by atoms with Gasteiger partial charge in [-0.3, -0.25) is 0 Å². The fourth-order valence-corrected chi connectivity index (χ4v) is 2.47. The predicted octanol–water partition coefficient (Wildman–Crippen LogP) is 2.59. The molecule has 1 aliphatic rings. The van der Waals surface area contributed by atoms with Crippen LogP contribution in [0.25, 0.3) is 0 Å². The van der Waals surface area contributed by atoms with Crippen LogP contribution < -0.4 is 0 Å². The Morgan fingerprint density at radius 2 is 2.11 bits per heavy atom. The van der Waals surface area contributed by atoms with Crippen molar-refractivity contribution in [3.63, 3.8) is 0 Å². The second-order valence-electron chi connectivity index (χ2n) is 5.85. The van der Waals surface area contributed by atoms with Crippen LogP contribution in [0.2, 0.25) is 0 Å². The molecule has 0 radical (unpaired) electrons. The van der Waals surface area contributed by atoms with E-state index in [1.165, 1.54) is 25.7 Å². The first-order valence-electron chi connectivity index (χ1n) is 7.15. The van der Waals surface area contributed by atoms with E-state index in [9.17, 15) is 4.79 Å². The molecule has 5 nitrogen and oxygen atoms in total. The van der Waals surface area contributed by atoms with Gasteiger partial charge < -0.3 is 4.74 Å². The van der Waals surface area contributed by atoms with Crippen LogP contribution in [0, 0.1) is 18.8 Å². The normalized spacial score (nSPS) is 16.2. The van der Waals surface area contributed by atoms with Gasteiger partial charge in [-0.2, -0.15) is 0 Å². The molecule has 19 heavy (non-hydrogen) atoms. The van der Waals surface area contributed by atoms with Gasteiger partial charge in [0.05, 0.1) is 12.3 Å². The monoisotopic (exact) mass is 265 g/mol. The minimum atomic E-state index is -0.358. The largest absolute Gasteiger partial charge is 0.461 e. The van der Waals surface area contributed by atoms with Crippen molar-refractivity contribution in [1.82, 2.24) is 15.0 Å². The zero-order valence-corrected chi connectivity index (χ0v) is 12.1. The van der Waals surface area contributed by atoms with E-state index in [0.717, 1.165) is 12.2 Å². The summed E-state index contributed by atoms with van der Waals surface area (Å²) >= 11 is 0. The lowest BCUT2D eigenvalue weighted by Crippen LogP contribution is -2.13. The molecular weight excluding hydrogens is 242 g/mol. The Bertz CT molecular complexity index is 434. The quantitative estimate of drug-likeness (QED) is 0.768. The summed E-state index contributed by atoms with van der Waals surface area (Å²) in [5.41, 5.74) is 1.18. The van der Waals surface area contributed by atoms with E-state index in [-0.39, 0.29) is 5.97 Å². The number of aromatic nitrogens is 3. The summed E-state index contributed by atoms with van der Waals surface area (Å²) in [4.78, 5) is 11.9. The lowest BCUT2D eigenvalue weighted by molar-refractivity contribution is 0.0451. The molecule has 0 spiro atoms. The van der Waals surface area contributed by atoms with E-state index in [4.69, 9.17) is 4.74 Å². The van der Waals surface area contributed by atoms with Gasteiger partial charge >= 0.3 is 5.97 Å². The Morgan fingerprint density at radius 1 is 1.42 bits per heavy atom. The Balaban J connectivity index is 1.98. The van der Waals surface area contributed by atoms with Crippen molar-refractivity contribution in [2.45, 2.75) is 53.0 Å². The lowest BCUT2D eigenvalue weighted by atomic mass is 10.1. The average molecular weight is 265 g/mol. The number of rotatable bonds is 5. The summed E-state index contributed by atoms with van der Waals surface area (Å²) in [5.74, 6) is 0.654. The van der Waals surface area contributed by atoms with Gasteiger partial charge in [0.2, 0.25) is 0 Å². The fraction of sp³-hybridized carbons (Fsp3) is 0.786. The van der Waals surface area contributed by atoms with Crippen LogP contribution in [0.5, 0.6) is 0 Å². The number of hydrogen-bond acceptors (Lipinski definition) is 4. The van der Waals surface area contributed by atoms with Crippen molar-refractivity contribution in [2.75, 3.05) is 6.61 Å². The van der Waals surface area contributed by atoms with Gasteiger partial charge in [-0.05, 0) is 31.6 Å². The fourth-order valence-electron chi connectivity index (χ4n) is 2.47. The first-order chi connectivity index (χ1) is 9.08. The Morgan fingerprint density at radius 3 is 2.74 bits per heavy atom. The van der Waals surface area contributed by atoms with Crippen LogP contribution in [0.4, 0.5) is 0 Å². The van der Waals surface area contributed by atoms with Crippen LogP contribution in [0.15, 0.2) is 0 Å². The maximum absolute atomic E-state index is 11.9. The molecule has 0 atom stereocenters. The number of esters is 1. The third kappa shape index (κ3) is 3.55. The maximum Gasteiger partial charge on any atom is 0.360 e. The molecule has 1 aliphatic carbocycles. The van der Waals surface area contributed by atoms with Crippen molar-refractivity contribution >= 4 is 5.97 Å². The van der Waals surface area contributed by atoms with Crippen molar-refractivity contribution in [3.8, 4) is 0 Å². The SMILES string of the molecule is Cc1c(C(=O)OCC(C)C)nnn1CC1CCCC1. The highest BCUT2D eigenvalue weighted by Gasteiger charge is 2.21. The third-order valence-electron chi connectivity index (χ3n) is 3.63. The molecule has 0 aliphatic heterocycles. The first-order valence-corrected chi connectivity index (χ1v) is 7.15. The van der Waals surface area contributed by atoms with Crippen molar-refractivity contribution in [2.24, 2.45) is 11.8 Å². The molecule has 0 aromatic carbocycles. The summed E-state index contributed by atoms with van der Waals surface area (Å²) in [7, 11) is 0. The molecule has 1 aromatic rings. The van der Waals surface area contributed by atoms with Crippen LogP contribution in [-0.4, -0.2) is 27.6 Å². The number of ether oxygens (including phenoxy) is 1. The molecule has 0 amide bonds. The topological polar surface area (TPSA) is 57.0 Å². The van der Waals surface area contributed by atoms with Crippen molar-refractivity contribution in [3.05, 3.63) is 11.4 Å². The summed E-state index contributed by atoms with van der Waals surface area (Å²) in [6.07, 6.45) is 5.13. The van der Waals surface area contributed by atoms with E-state index < -0.39 is 0 Å². The van der Waals surface area contributed by atoms with Gasteiger partial charge in [0.1, 0.15) is 0 Å². The zero-order valence-electron chi connectivity index (χ0n) is 12.1. The molecule has 106 valence electrons. The molecule has 2 rings (SSSR count). The summed E-state index contributed by atoms with van der Waals surface area (Å²) in [6.45, 7) is 7.21. The molecule has 0 N–H and O–H groups in total. The molecule has 1 fully saturated rings. The molecular formula is C14H23N3O2. The average Bonchev–Trinajstić information content (AvgIpc) is 2.98. The van der Waals surface area contributed by atoms with Gasteiger partial charge in [0.25, 0.3) is 0 Å². The Labute approximate surface area is 114 Å². The van der Waals surface area contributed by atoms with E-state index in [2.05, 4.69) is 10.3 Å². The molecule has 5 heteroatoms. The zero-order chi connectivity index (χ0) is 13.8. The maximum atomic E-state index is 11.9. The van der Waals surface area contributed by atoms with Crippen LogP contribution >= 0.6 is 0 Å². The molecule has 0 unspecified atom stereocenters. The van der Waals surface area contributed by atoms with Crippen LogP contribution in [0.3, 0.4) is 0 Å². The summed E-state index contributed by atoms with van der Waals surface area (Å²) in [6, 6.07) is 0. The van der Waals surface area contributed by atoms with Gasteiger partial charge in [0, 0.05) is 6.54 Å². The minimum Gasteiger partial charge on any atom is -0.461 e. The second kappa shape index (κ2) is 6.17. The van der Waals surface area contributed by atoms with Gasteiger partial charge in [-0.15, -0.1) is 5.10 Å². The number of carbonyl (C=O) groups is 1. The van der Waals surface area contributed by atoms with Gasteiger partial charge in [-0.1, -0.05) is 31.9 Å². The third-order valence-corrected chi connectivity index (χ3v) is 3.63. The van der Waals surface area contributed by atoms with E-state index in [0.29, 0.717) is 24.1 Å². The standard InChI is InChI=1S/C14H23N3O2/c1-10(2)9-19-14(18)13-11(3)17(16-15-13)8-12-6-4-5-7-12/h10,12H,4-9H2,1-3H3. The van der Waals surface area contributed by atoms with Crippen molar-refractivity contribution < 1.29 is 9.53 Å². The van der Waals surface area contributed by atoms with E-state index in [1.54, 1.807) is 0 Å². The predicted molar refractivity (Wildman–Crippen MR) is 71.8 cm³/mol. The van der Waals surface area contributed by atoms with Gasteiger partial charge in [-0.25, -0.2) is 9.48 Å². The first kappa shape index (κ1) is 14.0.